The lowest BCUT2D eigenvalue weighted by Gasteiger charge is -2.39. The average molecular weight is 260 g/mol. The van der Waals surface area contributed by atoms with E-state index in [0.717, 1.165) is 12.8 Å². The van der Waals surface area contributed by atoms with E-state index in [-0.39, 0.29) is 11.9 Å². The molecule has 1 aliphatic rings. The van der Waals surface area contributed by atoms with Gasteiger partial charge in [-0.15, -0.1) is 0 Å². The summed E-state index contributed by atoms with van der Waals surface area (Å²) in [7, 11) is 0. The summed E-state index contributed by atoms with van der Waals surface area (Å²) in [6.07, 6.45) is 8.67. The predicted octanol–water partition coefficient (Wildman–Crippen LogP) is 2.42. The Morgan fingerprint density at radius 2 is 2.37 bits per heavy atom. The molecule has 19 heavy (non-hydrogen) atoms. The monoisotopic (exact) mass is 260 g/mol. The molecule has 2 heterocycles. The third-order valence-electron chi connectivity index (χ3n) is 3.16. The van der Waals surface area contributed by atoms with E-state index in [0.29, 0.717) is 25.5 Å². The highest BCUT2D eigenvalue weighted by Crippen LogP contribution is 2.20. The molecule has 0 spiro atoms. The minimum atomic E-state index is 0.181. The molecule has 0 N–H and O–H groups in total. The molecular formula is C15H20N2O2. The Morgan fingerprint density at radius 3 is 3.05 bits per heavy atom. The zero-order valence-corrected chi connectivity index (χ0v) is 11.3. The van der Waals surface area contributed by atoms with Crippen LogP contribution in [0.4, 0.5) is 0 Å². The number of ether oxygens (including phenoxy) is 1. The molecule has 1 atom stereocenters. The Labute approximate surface area is 114 Å². The molecule has 0 bridgehead atoms. The number of hydrogen-bond donors (Lipinski definition) is 0. The van der Waals surface area contributed by atoms with Gasteiger partial charge in [0.1, 0.15) is 6.61 Å². The number of carbonyl (C=O) groups is 1. The van der Waals surface area contributed by atoms with Crippen LogP contribution in [0.3, 0.4) is 0 Å². The van der Waals surface area contributed by atoms with Crippen molar-refractivity contribution in [1.29, 1.82) is 0 Å². The molecule has 0 radical (unpaired) electrons. The molecule has 1 aromatic rings. The molecule has 2 rings (SSSR count). The highest BCUT2D eigenvalue weighted by Gasteiger charge is 2.35. The van der Waals surface area contributed by atoms with Crippen LogP contribution in [-0.2, 0) is 4.79 Å². The maximum absolute atomic E-state index is 11.5. The van der Waals surface area contributed by atoms with Crippen molar-refractivity contribution < 1.29 is 9.53 Å². The smallest absolute Gasteiger partial charge is 0.225 e. The molecule has 1 saturated heterocycles. The van der Waals surface area contributed by atoms with E-state index in [2.05, 4.69) is 24.1 Å². The largest absolute Gasteiger partial charge is 0.475 e. The van der Waals surface area contributed by atoms with Gasteiger partial charge in [0.2, 0.25) is 11.8 Å². The summed E-state index contributed by atoms with van der Waals surface area (Å²) in [5, 5.41) is 0. The van der Waals surface area contributed by atoms with Crippen LogP contribution in [-0.4, -0.2) is 35.0 Å². The van der Waals surface area contributed by atoms with Gasteiger partial charge in [-0.2, -0.15) is 0 Å². The van der Waals surface area contributed by atoms with Gasteiger partial charge in [-0.25, -0.2) is 4.98 Å². The van der Waals surface area contributed by atoms with Crippen molar-refractivity contribution in [3.63, 3.8) is 0 Å². The molecule has 0 aromatic carbocycles. The van der Waals surface area contributed by atoms with Crippen molar-refractivity contribution in [2.45, 2.75) is 32.2 Å². The van der Waals surface area contributed by atoms with Crippen molar-refractivity contribution >= 4 is 5.91 Å². The van der Waals surface area contributed by atoms with Crippen molar-refractivity contribution in [3.8, 4) is 5.88 Å². The molecule has 0 saturated carbocycles. The maximum Gasteiger partial charge on any atom is 0.225 e. The zero-order valence-electron chi connectivity index (χ0n) is 11.3. The molecule has 102 valence electrons. The average Bonchev–Trinajstić information content (AvgIpc) is 2.44. The molecule has 1 aromatic heterocycles. The Balaban J connectivity index is 1.76. The first-order valence-electron chi connectivity index (χ1n) is 6.79. The van der Waals surface area contributed by atoms with Crippen LogP contribution in [0.2, 0.25) is 0 Å². The van der Waals surface area contributed by atoms with E-state index < -0.39 is 0 Å². The van der Waals surface area contributed by atoms with Crippen LogP contribution in [0, 0.1) is 0 Å². The van der Waals surface area contributed by atoms with Crippen LogP contribution in [0.15, 0.2) is 36.5 Å². The van der Waals surface area contributed by atoms with Crippen LogP contribution in [0.25, 0.3) is 0 Å². The number of aromatic nitrogens is 1. The van der Waals surface area contributed by atoms with E-state index in [1.165, 1.54) is 0 Å². The number of amides is 1. The molecule has 1 fully saturated rings. The van der Waals surface area contributed by atoms with E-state index in [9.17, 15) is 4.79 Å². The quantitative estimate of drug-likeness (QED) is 0.558. The number of pyridine rings is 1. The Hall–Kier alpha value is -1.84. The number of nitrogens with zero attached hydrogens (tertiary/aromatic N) is 2. The normalized spacial score (nSPS) is 18.7. The summed E-state index contributed by atoms with van der Waals surface area (Å²) in [4.78, 5) is 17.5. The number of hydrogen-bond acceptors (Lipinski definition) is 3. The van der Waals surface area contributed by atoms with Gasteiger partial charge in [0, 0.05) is 18.8 Å². The molecule has 4 nitrogen and oxygen atoms in total. The number of allylic oxidation sites excluding steroid dienone is 1. The zero-order chi connectivity index (χ0) is 13.5. The summed E-state index contributed by atoms with van der Waals surface area (Å²) >= 11 is 0. The van der Waals surface area contributed by atoms with Crippen LogP contribution in [0.1, 0.15) is 26.2 Å². The van der Waals surface area contributed by atoms with E-state index in [1.807, 2.05) is 23.1 Å². The van der Waals surface area contributed by atoms with Gasteiger partial charge in [0.25, 0.3) is 0 Å². The van der Waals surface area contributed by atoms with Crippen LogP contribution >= 0.6 is 0 Å². The highest BCUT2D eigenvalue weighted by molar-refractivity contribution is 5.83. The topological polar surface area (TPSA) is 42.4 Å². The number of unbranched alkanes of at least 4 members (excludes halogenated alkanes) is 1. The van der Waals surface area contributed by atoms with E-state index in [1.54, 1.807) is 6.20 Å². The lowest BCUT2D eigenvalue weighted by atomic mass is 10.0. The first-order chi connectivity index (χ1) is 9.31. The minimum Gasteiger partial charge on any atom is -0.475 e. The third kappa shape index (κ3) is 3.81. The van der Waals surface area contributed by atoms with Gasteiger partial charge < -0.3 is 9.64 Å². The van der Waals surface area contributed by atoms with E-state index in [4.69, 9.17) is 4.74 Å². The van der Waals surface area contributed by atoms with E-state index >= 15 is 0 Å². The van der Waals surface area contributed by atoms with Gasteiger partial charge in [-0.05, 0) is 12.5 Å². The second kappa shape index (κ2) is 6.92. The first-order valence-corrected chi connectivity index (χ1v) is 6.79. The van der Waals surface area contributed by atoms with Gasteiger partial charge in [0.05, 0.1) is 12.5 Å². The molecular weight excluding hydrogens is 240 g/mol. The van der Waals surface area contributed by atoms with Crippen molar-refractivity contribution in [1.82, 2.24) is 9.88 Å². The molecule has 1 amide bonds. The van der Waals surface area contributed by atoms with Gasteiger partial charge in [0.15, 0.2) is 0 Å². The second-order valence-corrected chi connectivity index (χ2v) is 4.64. The molecule has 4 heteroatoms. The maximum atomic E-state index is 11.5. The minimum absolute atomic E-state index is 0.181. The summed E-state index contributed by atoms with van der Waals surface area (Å²) in [6, 6.07) is 5.75. The van der Waals surface area contributed by atoms with Gasteiger partial charge in [-0.3, -0.25) is 4.79 Å². The van der Waals surface area contributed by atoms with Crippen LogP contribution in [0.5, 0.6) is 5.88 Å². The SMILES string of the molecule is CCCC=CCN1C(=O)C[C@@H]1COc1ccccn1. The van der Waals surface area contributed by atoms with Crippen molar-refractivity contribution in [3.05, 3.63) is 36.5 Å². The second-order valence-electron chi connectivity index (χ2n) is 4.64. The molecule has 0 aliphatic carbocycles. The standard InChI is InChI=1S/C15H20N2O2/c1-2-3-4-7-10-17-13(11-15(17)18)12-19-14-8-5-6-9-16-14/h4-9,13H,2-3,10-12H2,1H3/t13-/m1/s1. The molecule has 1 aliphatic heterocycles. The van der Waals surface area contributed by atoms with Gasteiger partial charge in [-0.1, -0.05) is 31.6 Å². The Morgan fingerprint density at radius 1 is 1.47 bits per heavy atom. The summed E-state index contributed by atoms with van der Waals surface area (Å²) in [5.41, 5.74) is 0. The Kier molecular flexibility index (Phi) is 4.95. The van der Waals surface area contributed by atoms with Gasteiger partial charge >= 0.3 is 0 Å². The number of likely N-dealkylation sites (tertiary alicyclic amines) is 1. The summed E-state index contributed by atoms with van der Waals surface area (Å²) in [5.74, 6) is 0.819. The number of β-lactam (4-membered cyclic amide) rings is 1. The first kappa shape index (κ1) is 13.6. The number of carbonyl (C=O) groups excluding carboxylic acids is 1. The summed E-state index contributed by atoms with van der Waals surface area (Å²) < 4.78 is 5.59. The lowest BCUT2D eigenvalue weighted by molar-refractivity contribution is -0.146. The fraction of sp³-hybridized carbons (Fsp3) is 0.467. The number of rotatable bonds is 7. The lowest BCUT2D eigenvalue weighted by Crippen LogP contribution is -2.55. The van der Waals surface area contributed by atoms with Crippen molar-refractivity contribution in [2.24, 2.45) is 0 Å². The fourth-order valence-corrected chi connectivity index (χ4v) is 2.01. The van der Waals surface area contributed by atoms with Crippen molar-refractivity contribution in [2.75, 3.05) is 13.2 Å². The predicted molar refractivity (Wildman–Crippen MR) is 73.9 cm³/mol. The third-order valence-corrected chi connectivity index (χ3v) is 3.16. The summed E-state index contributed by atoms with van der Waals surface area (Å²) in [6.45, 7) is 3.35. The Bertz CT molecular complexity index is 431. The fourth-order valence-electron chi connectivity index (χ4n) is 2.01. The highest BCUT2D eigenvalue weighted by atomic mass is 16.5. The van der Waals surface area contributed by atoms with Crippen LogP contribution < -0.4 is 4.74 Å². The molecule has 0 unspecified atom stereocenters.